The van der Waals surface area contributed by atoms with Gasteiger partial charge in [-0.1, -0.05) is 24.6 Å². The van der Waals surface area contributed by atoms with Crippen molar-refractivity contribution in [2.24, 2.45) is 0 Å². The lowest BCUT2D eigenvalue weighted by Gasteiger charge is -2.11. The van der Waals surface area contributed by atoms with Crippen LogP contribution in [0.3, 0.4) is 0 Å². The van der Waals surface area contributed by atoms with Crippen molar-refractivity contribution in [2.45, 2.75) is 20.3 Å². The molecular formula is C16H18ClNO2. The number of hydrogen-bond donors (Lipinski definition) is 1. The van der Waals surface area contributed by atoms with Gasteiger partial charge < -0.3 is 15.2 Å². The zero-order valence-electron chi connectivity index (χ0n) is 11.7. The lowest BCUT2D eigenvalue weighted by atomic mass is 10.2. The molecule has 0 saturated carbocycles. The molecule has 0 unspecified atom stereocenters. The van der Waals surface area contributed by atoms with Crippen molar-refractivity contribution in [3.05, 3.63) is 47.0 Å². The Kier molecular flexibility index (Phi) is 4.74. The highest BCUT2D eigenvalue weighted by atomic mass is 35.5. The first kappa shape index (κ1) is 14.5. The number of nitrogen functional groups attached to an aromatic ring is 1. The zero-order chi connectivity index (χ0) is 14.5. The van der Waals surface area contributed by atoms with Gasteiger partial charge in [0.15, 0.2) is 0 Å². The van der Waals surface area contributed by atoms with Gasteiger partial charge in [0.05, 0.1) is 11.6 Å². The molecule has 2 aromatic rings. The third kappa shape index (κ3) is 3.81. The standard InChI is InChI=1S/C16H18ClNO2/c1-3-6-19-13-8-12(18)9-14(10-13)20-16-5-4-11(2)7-15(16)17/h4-5,7-10H,3,6,18H2,1-2H3. The highest BCUT2D eigenvalue weighted by Gasteiger charge is 2.06. The second-order valence-electron chi connectivity index (χ2n) is 4.62. The number of benzene rings is 2. The van der Waals surface area contributed by atoms with Gasteiger partial charge in [0.25, 0.3) is 0 Å². The third-order valence-electron chi connectivity index (χ3n) is 2.69. The van der Waals surface area contributed by atoms with Crippen LogP contribution in [0.2, 0.25) is 5.02 Å². The van der Waals surface area contributed by atoms with Crippen molar-refractivity contribution < 1.29 is 9.47 Å². The SMILES string of the molecule is CCCOc1cc(N)cc(Oc2ccc(C)cc2Cl)c1. The number of hydrogen-bond acceptors (Lipinski definition) is 3. The largest absolute Gasteiger partial charge is 0.493 e. The molecule has 0 aliphatic carbocycles. The number of rotatable bonds is 5. The van der Waals surface area contributed by atoms with Gasteiger partial charge in [0, 0.05) is 23.9 Å². The molecule has 2 aromatic carbocycles. The Balaban J connectivity index is 2.21. The maximum Gasteiger partial charge on any atom is 0.146 e. The summed E-state index contributed by atoms with van der Waals surface area (Å²) in [7, 11) is 0. The molecule has 0 amide bonds. The van der Waals surface area contributed by atoms with E-state index in [-0.39, 0.29) is 0 Å². The maximum atomic E-state index is 6.16. The first-order valence-electron chi connectivity index (χ1n) is 6.56. The van der Waals surface area contributed by atoms with Crippen LogP contribution < -0.4 is 15.2 Å². The van der Waals surface area contributed by atoms with E-state index < -0.39 is 0 Å². The molecule has 20 heavy (non-hydrogen) atoms. The zero-order valence-corrected chi connectivity index (χ0v) is 12.4. The minimum Gasteiger partial charge on any atom is -0.493 e. The van der Waals surface area contributed by atoms with Crippen molar-refractivity contribution in [1.82, 2.24) is 0 Å². The number of nitrogens with two attached hydrogens (primary N) is 1. The highest BCUT2D eigenvalue weighted by molar-refractivity contribution is 6.32. The van der Waals surface area contributed by atoms with Crippen molar-refractivity contribution in [3.63, 3.8) is 0 Å². The van der Waals surface area contributed by atoms with Crippen LogP contribution in [0.15, 0.2) is 36.4 Å². The Labute approximate surface area is 124 Å². The van der Waals surface area contributed by atoms with Gasteiger partial charge in [-0.05, 0) is 31.0 Å². The fourth-order valence-corrected chi connectivity index (χ4v) is 2.05. The molecular weight excluding hydrogens is 274 g/mol. The van der Waals surface area contributed by atoms with Gasteiger partial charge >= 0.3 is 0 Å². The summed E-state index contributed by atoms with van der Waals surface area (Å²) in [4.78, 5) is 0. The number of anilines is 1. The molecule has 3 nitrogen and oxygen atoms in total. The second kappa shape index (κ2) is 6.53. The quantitative estimate of drug-likeness (QED) is 0.804. The van der Waals surface area contributed by atoms with Gasteiger partial charge in [-0.2, -0.15) is 0 Å². The minimum absolute atomic E-state index is 0.573. The maximum absolute atomic E-state index is 6.16. The molecule has 0 spiro atoms. The Morgan fingerprint density at radius 2 is 1.85 bits per heavy atom. The molecule has 4 heteroatoms. The minimum atomic E-state index is 0.573. The van der Waals surface area contributed by atoms with Crippen LogP contribution in [0.5, 0.6) is 17.2 Å². The molecule has 2 N–H and O–H groups in total. The molecule has 0 radical (unpaired) electrons. The molecule has 0 saturated heterocycles. The van der Waals surface area contributed by atoms with Crippen LogP contribution in [-0.4, -0.2) is 6.61 Å². The van der Waals surface area contributed by atoms with Crippen LogP contribution in [0.4, 0.5) is 5.69 Å². The number of aryl methyl sites for hydroxylation is 1. The Bertz CT molecular complexity index is 599. The number of halogens is 1. The fourth-order valence-electron chi connectivity index (χ4n) is 1.77. The summed E-state index contributed by atoms with van der Waals surface area (Å²) in [6.07, 6.45) is 0.939. The van der Waals surface area contributed by atoms with E-state index in [4.69, 9.17) is 26.8 Å². The summed E-state index contributed by atoms with van der Waals surface area (Å²) in [6.45, 7) is 4.68. The molecule has 0 bridgehead atoms. The van der Waals surface area contributed by atoms with E-state index in [9.17, 15) is 0 Å². The predicted octanol–water partition coefficient (Wildman–Crippen LogP) is 4.81. The molecule has 0 fully saturated rings. The van der Waals surface area contributed by atoms with E-state index in [1.165, 1.54) is 0 Å². The van der Waals surface area contributed by atoms with Crippen molar-refractivity contribution in [2.75, 3.05) is 12.3 Å². The lowest BCUT2D eigenvalue weighted by Crippen LogP contribution is -1.97. The van der Waals surface area contributed by atoms with E-state index in [1.54, 1.807) is 12.1 Å². The summed E-state index contributed by atoms with van der Waals surface area (Å²) in [5.41, 5.74) is 7.53. The van der Waals surface area contributed by atoms with Gasteiger partial charge in [-0.3, -0.25) is 0 Å². The summed E-state index contributed by atoms with van der Waals surface area (Å²) >= 11 is 6.16. The van der Waals surface area contributed by atoms with Gasteiger partial charge in [-0.25, -0.2) is 0 Å². The van der Waals surface area contributed by atoms with E-state index in [0.29, 0.717) is 34.6 Å². The van der Waals surface area contributed by atoms with Crippen molar-refractivity contribution in [1.29, 1.82) is 0 Å². The Morgan fingerprint density at radius 1 is 1.10 bits per heavy atom. The van der Waals surface area contributed by atoms with Crippen LogP contribution in [0.1, 0.15) is 18.9 Å². The molecule has 2 rings (SSSR count). The Morgan fingerprint density at radius 3 is 2.55 bits per heavy atom. The average molecular weight is 292 g/mol. The van der Waals surface area contributed by atoms with E-state index in [2.05, 4.69) is 6.92 Å². The smallest absolute Gasteiger partial charge is 0.146 e. The average Bonchev–Trinajstić information content (AvgIpc) is 2.39. The molecule has 106 valence electrons. The highest BCUT2D eigenvalue weighted by Crippen LogP contribution is 2.33. The van der Waals surface area contributed by atoms with Crippen LogP contribution in [0.25, 0.3) is 0 Å². The van der Waals surface area contributed by atoms with Gasteiger partial charge in [-0.15, -0.1) is 0 Å². The third-order valence-corrected chi connectivity index (χ3v) is 2.99. The summed E-state index contributed by atoms with van der Waals surface area (Å²) in [5.74, 6) is 1.91. The normalized spacial score (nSPS) is 10.3. The molecule has 0 aromatic heterocycles. The van der Waals surface area contributed by atoms with Crippen LogP contribution in [0, 0.1) is 6.92 Å². The van der Waals surface area contributed by atoms with E-state index in [1.807, 2.05) is 31.2 Å². The Hall–Kier alpha value is -1.87. The fraction of sp³-hybridized carbons (Fsp3) is 0.250. The molecule has 0 atom stereocenters. The first-order chi connectivity index (χ1) is 9.58. The molecule has 0 heterocycles. The van der Waals surface area contributed by atoms with Gasteiger partial charge in [0.2, 0.25) is 0 Å². The second-order valence-corrected chi connectivity index (χ2v) is 5.03. The first-order valence-corrected chi connectivity index (χ1v) is 6.93. The number of ether oxygens (including phenoxy) is 2. The molecule has 0 aliphatic rings. The van der Waals surface area contributed by atoms with E-state index in [0.717, 1.165) is 12.0 Å². The van der Waals surface area contributed by atoms with Crippen molar-refractivity contribution >= 4 is 17.3 Å². The summed E-state index contributed by atoms with van der Waals surface area (Å²) in [5, 5.41) is 0.573. The summed E-state index contributed by atoms with van der Waals surface area (Å²) < 4.78 is 11.3. The van der Waals surface area contributed by atoms with Crippen LogP contribution in [-0.2, 0) is 0 Å². The predicted molar refractivity (Wildman–Crippen MR) is 82.9 cm³/mol. The lowest BCUT2D eigenvalue weighted by molar-refractivity contribution is 0.316. The van der Waals surface area contributed by atoms with Crippen molar-refractivity contribution in [3.8, 4) is 17.2 Å². The van der Waals surface area contributed by atoms with Crippen LogP contribution >= 0.6 is 11.6 Å². The van der Waals surface area contributed by atoms with E-state index >= 15 is 0 Å². The monoisotopic (exact) mass is 291 g/mol. The topological polar surface area (TPSA) is 44.5 Å². The molecule has 0 aliphatic heterocycles. The van der Waals surface area contributed by atoms with Gasteiger partial charge in [0.1, 0.15) is 17.2 Å². The summed E-state index contributed by atoms with van der Waals surface area (Å²) in [6, 6.07) is 11.0.